The normalized spacial score (nSPS) is 14.5. The Bertz CT molecular complexity index is 355. The van der Waals surface area contributed by atoms with E-state index in [1.165, 1.54) is 11.3 Å². The molecule has 0 amide bonds. The Morgan fingerprint density at radius 2 is 2.00 bits per heavy atom. The third-order valence-electron chi connectivity index (χ3n) is 2.53. The number of nitrogens with zero attached hydrogens (tertiary/aromatic N) is 1. The van der Waals surface area contributed by atoms with Gasteiger partial charge in [-0.05, 0) is 30.2 Å². The van der Waals surface area contributed by atoms with Crippen LogP contribution in [0.4, 0.5) is 5.69 Å². The van der Waals surface area contributed by atoms with E-state index in [0.717, 1.165) is 12.0 Å². The molecule has 0 radical (unpaired) electrons. The molecule has 0 atom stereocenters. The van der Waals surface area contributed by atoms with Gasteiger partial charge in [-0.2, -0.15) is 0 Å². The molecule has 0 fully saturated rings. The fourth-order valence-corrected chi connectivity index (χ4v) is 1.72. The number of rotatable bonds is 1. The third-order valence-corrected chi connectivity index (χ3v) is 2.53. The zero-order valence-corrected chi connectivity index (χ0v) is 8.00. The average molecular weight is 175 g/mol. The molecule has 0 saturated heterocycles. The summed E-state index contributed by atoms with van der Waals surface area (Å²) in [5.74, 6) is 0.292. The van der Waals surface area contributed by atoms with E-state index in [-0.39, 0.29) is 0 Å². The van der Waals surface area contributed by atoms with E-state index < -0.39 is 0 Å². The SMILES string of the molecule is CN(C)c1ccc2c(c1)CCC2=O. The predicted octanol–water partition coefficient (Wildman–Crippen LogP) is 1.88. The van der Waals surface area contributed by atoms with Crippen molar-refractivity contribution in [3.63, 3.8) is 0 Å². The highest BCUT2D eigenvalue weighted by Gasteiger charge is 2.19. The Morgan fingerprint density at radius 1 is 1.23 bits per heavy atom. The van der Waals surface area contributed by atoms with Gasteiger partial charge < -0.3 is 4.90 Å². The highest BCUT2D eigenvalue weighted by atomic mass is 16.1. The number of carbonyl (C=O) groups excluding carboxylic acids is 1. The van der Waals surface area contributed by atoms with Crippen LogP contribution in [0.15, 0.2) is 18.2 Å². The largest absolute Gasteiger partial charge is 0.378 e. The van der Waals surface area contributed by atoms with Crippen LogP contribution in [-0.2, 0) is 6.42 Å². The van der Waals surface area contributed by atoms with E-state index in [9.17, 15) is 4.79 Å². The summed E-state index contributed by atoms with van der Waals surface area (Å²) in [5.41, 5.74) is 3.30. The first-order valence-corrected chi connectivity index (χ1v) is 4.52. The van der Waals surface area contributed by atoms with Crippen LogP contribution >= 0.6 is 0 Å². The maximum atomic E-state index is 11.3. The van der Waals surface area contributed by atoms with Crippen molar-refractivity contribution < 1.29 is 4.79 Å². The number of ketones is 1. The molecule has 1 aliphatic rings. The summed E-state index contributed by atoms with van der Waals surface area (Å²) >= 11 is 0. The molecular weight excluding hydrogens is 162 g/mol. The van der Waals surface area contributed by atoms with Gasteiger partial charge in [0.05, 0.1) is 0 Å². The van der Waals surface area contributed by atoms with Crippen molar-refractivity contribution in [1.29, 1.82) is 0 Å². The minimum atomic E-state index is 0.292. The first-order valence-electron chi connectivity index (χ1n) is 4.52. The van der Waals surface area contributed by atoms with E-state index >= 15 is 0 Å². The summed E-state index contributed by atoms with van der Waals surface area (Å²) in [7, 11) is 4.02. The van der Waals surface area contributed by atoms with Gasteiger partial charge in [-0.15, -0.1) is 0 Å². The average Bonchev–Trinajstić information content (AvgIpc) is 2.47. The second-order valence-corrected chi connectivity index (χ2v) is 3.66. The van der Waals surface area contributed by atoms with Crippen LogP contribution in [0.2, 0.25) is 0 Å². The number of benzene rings is 1. The molecule has 1 aliphatic carbocycles. The molecule has 0 heterocycles. The predicted molar refractivity (Wildman–Crippen MR) is 53.4 cm³/mol. The molecule has 0 bridgehead atoms. The Kier molecular flexibility index (Phi) is 1.83. The molecule has 0 aliphatic heterocycles. The first kappa shape index (κ1) is 8.30. The quantitative estimate of drug-likeness (QED) is 0.649. The van der Waals surface area contributed by atoms with Gasteiger partial charge in [0.25, 0.3) is 0 Å². The minimum absolute atomic E-state index is 0.292. The van der Waals surface area contributed by atoms with Crippen LogP contribution in [0, 0.1) is 0 Å². The zero-order chi connectivity index (χ0) is 9.42. The van der Waals surface area contributed by atoms with Gasteiger partial charge in [0, 0.05) is 31.8 Å². The molecule has 1 aromatic rings. The Balaban J connectivity index is 2.45. The number of anilines is 1. The second kappa shape index (κ2) is 2.87. The lowest BCUT2D eigenvalue weighted by molar-refractivity contribution is 0.0994. The number of Topliss-reactive ketones (excluding diaryl/α,β-unsaturated/α-hetero) is 1. The van der Waals surface area contributed by atoms with E-state index in [0.29, 0.717) is 12.2 Å². The number of aryl methyl sites for hydroxylation is 1. The number of carbonyl (C=O) groups is 1. The van der Waals surface area contributed by atoms with Crippen LogP contribution in [-0.4, -0.2) is 19.9 Å². The van der Waals surface area contributed by atoms with E-state index in [2.05, 4.69) is 11.0 Å². The van der Waals surface area contributed by atoms with Gasteiger partial charge >= 0.3 is 0 Å². The van der Waals surface area contributed by atoms with Crippen LogP contribution in [0.1, 0.15) is 22.3 Å². The van der Waals surface area contributed by atoms with Crippen molar-refractivity contribution in [3.8, 4) is 0 Å². The first-order chi connectivity index (χ1) is 6.18. The van der Waals surface area contributed by atoms with Gasteiger partial charge in [0.15, 0.2) is 5.78 Å². The van der Waals surface area contributed by atoms with Crippen LogP contribution in [0.3, 0.4) is 0 Å². The molecule has 2 rings (SSSR count). The summed E-state index contributed by atoms with van der Waals surface area (Å²) in [5, 5.41) is 0. The molecule has 0 N–H and O–H groups in total. The summed E-state index contributed by atoms with van der Waals surface area (Å²) in [4.78, 5) is 13.4. The topological polar surface area (TPSA) is 20.3 Å². The van der Waals surface area contributed by atoms with Crippen LogP contribution < -0.4 is 4.90 Å². The van der Waals surface area contributed by atoms with Crippen molar-refractivity contribution in [2.24, 2.45) is 0 Å². The fraction of sp³-hybridized carbons (Fsp3) is 0.364. The maximum Gasteiger partial charge on any atom is 0.163 e. The second-order valence-electron chi connectivity index (χ2n) is 3.66. The molecular formula is C11H13NO. The van der Waals surface area contributed by atoms with Gasteiger partial charge in [0.2, 0.25) is 0 Å². The summed E-state index contributed by atoms with van der Waals surface area (Å²) in [6.45, 7) is 0. The summed E-state index contributed by atoms with van der Waals surface area (Å²) in [6.07, 6.45) is 1.60. The van der Waals surface area contributed by atoms with Crippen molar-refractivity contribution in [2.45, 2.75) is 12.8 Å². The monoisotopic (exact) mass is 175 g/mol. The molecule has 0 unspecified atom stereocenters. The van der Waals surface area contributed by atoms with Gasteiger partial charge in [-0.1, -0.05) is 0 Å². The summed E-state index contributed by atoms with van der Waals surface area (Å²) < 4.78 is 0. The van der Waals surface area contributed by atoms with E-state index in [4.69, 9.17) is 0 Å². The molecule has 0 saturated carbocycles. The standard InChI is InChI=1S/C11H13NO/c1-12(2)9-4-5-10-8(7-9)3-6-11(10)13/h4-5,7H,3,6H2,1-2H3. The minimum Gasteiger partial charge on any atom is -0.378 e. The number of hydrogen-bond donors (Lipinski definition) is 0. The van der Waals surface area contributed by atoms with Gasteiger partial charge in [0.1, 0.15) is 0 Å². The van der Waals surface area contributed by atoms with Crippen molar-refractivity contribution >= 4 is 11.5 Å². The molecule has 13 heavy (non-hydrogen) atoms. The third kappa shape index (κ3) is 1.32. The zero-order valence-electron chi connectivity index (χ0n) is 8.00. The fourth-order valence-electron chi connectivity index (χ4n) is 1.72. The lowest BCUT2D eigenvalue weighted by Crippen LogP contribution is -2.08. The lowest BCUT2D eigenvalue weighted by atomic mass is 10.1. The molecule has 0 spiro atoms. The van der Waals surface area contributed by atoms with E-state index in [1.54, 1.807) is 0 Å². The molecule has 1 aromatic carbocycles. The Labute approximate surface area is 78.2 Å². The molecule has 0 aromatic heterocycles. The Morgan fingerprint density at radius 3 is 2.69 bits per heavy atom. The molecule has 2 nitrogen and oxygen atoms in total. The van der Waals surface area contributed by atoms with Crippen molar-refractivity contribution in [3.05, 3.63) is 29.3 Å². The molecule has 68 valence electrons. The highest BCUT2D eigenvalue weighted by Crippen LogP contribution is 2.25. The summed E-state index contributed by atoms with van der Waals surface area (Å²) in [6, 6.07) is 6.06. The van der Waals surface area contributed by atoms with E-state index in [1.807, 2.05) is 26.2 Å². The van der Waals surface area contributed by atoms with Crippen LogP contribution in [0.5, 0.6) is 0 Å². The van der Waals surface area contributed by atoms with Gasteiger partial charge in [-0.25, -0.2) is 0 Å². The molecule has 2 heteroatoms. The lowest BCUT2D eigenvalue weighted by Gasteiger charge is -2.13. The van der Waals surface area contributed by atoms with Crippen LogP contribution in [0.25, 0.3) is 0 Å². The number of fused-ring (bicyclic) bond motifs is 1. The smallest absolute Gasteiger partial charge is 0.163 e. The Hall–Kier alpha value is -1.31. The number of hydrogen-bond acceptors (Lipinski definition) is 2. The maximum absolute atomic E-state index is 11.3. The van der Waals surface area contributed by atoms with Crippen molar-refractivity contribution in [1.82, 2.24) is 0 Å². The highest BCUT2D eigenvalue weighted by molar-refractivity contribution is 6.00. The van der Waals surface area contributed by atoms with Crippen molar-refractivity contribution in [2.75, 3.05) is 19.0 Å². The van der Waals surface area contributed by atoms with Gasteiger partial charge in [-0.3, -0.25) is 4.79 Å².